The van der Waals surface area contributed by atoms with E-state index in [9.17, 15) is 10.2 Å². The smallest absolute Gasteiger partial charge is 0.290 e. The molecule has 0 unspecified atom stereocenters. The zero-order chi connectivity index (χ0) is 19.1. The van der Waals surface area contributed by atoms with Crippen molar-refractivity contribution in [3.63, 3.8) is 0 Å². The van der Waals surface area contributed by atoms with Gasteiger partial charge in [0, 0.05) is 11.6 Å². The van der Waals surface area contributed by atoms with E-state index >= 15 is 0 Å². The summed E-state index contributed by atoms with van der Waals surface area (Å²) in [7, 11) is 0. The third-order valence-corrected chi connectivity index (χ3v) is 5.37. The lowest BCUT2D eigenvalue weighted by Gasteiger charge is -2.35. The van der Waals surface area contributed by atoms with Crippen molar-refractivity contribution >= 4 is 5.57 Å². The first-order chi connectivity index (χ1) is 13.7. The van der Waals surface area contributed by atoms with E-state index in [4.69, 9.17) is 4.74 Å². The van der Waals surface area contributed by atoms with Crippen LogP contribution < -0.4 is 4.74 Å². The average molecular weight is 366 g/mol. The summed E-state index contributed by atoms with van der Waals surface area (Å²) in [6.45, 7) is 0. The van der Waals surface area contributed by atoms with Crippen LogP contribution in [-0.4, -0.2) is 10.2 Å². The Balaban J connectivity index is 1.80. The molecule has 3 aromatic rings. The molecule has 2 N–H and O–H groups in total. The van der Waals surface area contributed by atoms with Gasteiger partial charge in [-0.05, 0) is 34.9 Å². The fourth-order valence-electron chi connectivity index (χ4n) is 4.00. The van der Waals surface area contributed by atoms with Crippen molar-refractivity contribution in [3.8, 4) is 11.5 Å². The summed E-state index contributed by atoms with van der Waals surface area (Å²) < 4.78 is 5.54. The summed E-state index contributed by atoms with van der Waals surface area (Å²) in [6.07, 6.45) is 6.18. The van der Waals surface area contributed by atoms with Gasteiger partial charge in [-0.1, -0.05) is 72.8 Å². The molecule has 0 bridgehead atoms. The quantitative estimate of drug-likeness (QED) is 0.630. The van der Waals surface area contributed by atoms with Gasteiger partial charge in [-0.25, -0.2) is 0 Å². The summed E-state index contributed by atoms with van der Waals surface area (Å²) >= 11 is 0. The van der Waals surface area contributed by atoms with Gasteiger partial charge < -0.3 is 14.9 Å². The minimum atomic E-state index is -0.478. The van der Waals surface area contributed by atoms with Gasteiger partial charge in [-0.15, -0.1) is 0 Å². The molecule has 2 aliphatic rings. The first-order valence-corrected chi connectivity index (χ1v) is 9.15. The van der Waals surface area contributed by atoms with Gasteiger partial charge in [0.05, 0.1) is 11.0 Å². The summed E-state index contributed by atoms with van der Waals surface area (Å²) in [4.78, 5) is 0. The highest BCUT2D eigenvalue weighted by Crippen LogP contribution is 2.48. The number of aliphatic hydroxyl groups is 1. The minimum absolute atomic E-state index is 0.0966. The highest BCUT2D eigenvalue weighted by molar-refractivity contribution is 5.90. The largest absolute Gasteiger partial charge is 0.508 e. The first-order valence-electron chi connectivity index (χ1n) is 9.15. The number of hydrogen-bond acceptors (Lipinski definition) is 3. The molecule has 0 saturated carbocycles. The van der Waals surface area contributed by atoms with Crippen molar-refractivity contribution in [2.24, 2.45) is 0 Å². The monoisotopic (exact) mass is 366 g/mol. The van der Waals surface area contributed by atoms with Crippen LogP contribution in [0.25, 0.3) is 5.57 Å². The fraction of sp³-hybridized carbons (Fsp3) is 0.0400. The molecule has 3 aromatic carbocycles. The van der Waals surface area contributed by atoms with E-state index in [1.807, 2.05) is 48.5 Å². The molecular formula is C25H18O3. The van der Waals surface area contributed by atoms with Crippen LogP contribution in [0.2, 0.25) is 0 Å². The molecule has 0 atom stereocenters. The predicted octanol–water partition coefficient (Wildman–Crippen LogP) is 5.49. The van der Waals surface area contributed by atoms with Gasteiger partial charge in [-0.3, -0.25) is 0 Å². The highest BCUT2D eigenvalue weighted by Gasteiger charge is 2.36. The van der Waals surface area contributed by atoms with Crippen LogP contribution in [0.15, 0.2) is 109 Å². The maximum absolute atomic E-state index is 10.4. The van der Waals surface area contributed by atoms with Crippen LogP contribution in [0.4, 0.5) is 0 Å². The Labute approximate surface area is 163 Å². The molecule has 0 fully saturated rings. The molecule has 0 aromatic heterocycles. The molecule has 1 heterocycles. The third-order valence-electron chi connectivity index (χ3n) is 5.37. The molecule has 5 rings (SSSR count). The zero-order valence-corrected chi connectivity index (χ0v) is 15.0. The number of phenolic OH excluding ortho intramolecular Hbond substituents is 1. The van der Waals surface area contributed by atoms with Gasteiger partial charge in [-0.2, -0.15) is 0 Å². The molecular weight excluding hydrogens is 348 g/mol. The molecule has 1 aliphatic carbocycles. The van der Waals surface area contributed by atoms with Crippen molar-refractivity contribution in [2.75, 3.05) is 0 Å². The Morgan fingerprint density at radius 2 is 1.39 bits per heavy atom. The van der Waals surface area contributed by atoms with E-state index < -0.39 is 5.41 Å². The lowest BCUT2D eigenvalue weighted by Crippen LogP contribution is -2.26. The van der Waals surface area contributed by atoms with Gasteiger partial charge in [0.2, 0.25) is 0 Å². The molecule has 0 spiro atoms. The van der Waals surface area contributed by atoms with Gasteiger partial charge in [0.25, 0.3) is 5.95 Å². The van der Waals surface area contributed by atoms with Gasteiger partial charge in [0.1, 0.15) is 11.5 Å². The topological polar surface area (TPSA) is 49.7 Å². The van der Waals surface area contributed by atoms with Crippen molar-refractivity contribution in [3.05, 3.63) is 125 Å². The van der Waals surface area contributed by atoms with Crippen molar-refractivity contribution in [1.29, 1.82) is 0 Å². The first kappa shape index (κ1) is 16.5. The second-order valence-electron chi connectivity index (χ2n) is 6.99. The van der Waals surface area contributed by atoms with E-state index in [1.165, 1.54) is 6.07 Å². The Bertz CT molecular complexity index is 1100. The summed E-state index contributed by atoms with van der Waals surface area (Å²) in [5, 5.41) is 20.3. The number of aliphatic hydroxyl groups excluding tert-OH is 1. The van der Waals surface area contributed by atoms with Gasteiger partial charge in [0.15, 0.2) is 0 Å². The van der Waals surface area contributed by atoms with E-state index in [1.54, 1.807) is 6.07 Å². The van der Waals surface area contributed by atoms with E-state index in [0.717, 1.165) is 22.3 Å². The number of benzene rings is 3. The Morgan fingerprint density at radius 1 is 0.750 bits per heavy atom. The molecule has 28 heavy (non-hydrogen) atoms. The highest BCUT2D eigenvalue weighted by atomic mass is 16.6. The normalized spacial score (nSPS) is 16.6. The standard InChI is InChI=1S/C25H18O3/c26-19-11-12-20-22-16-25(17-7-3-1-4-8-17,18-9-5-2-6-10-18)14-13-21(22)24(27)28-23(20)15-19/h1-16,26-27H. The molecule has 0 amide bonds. The molecule has 1 aliphatic heterocycles. The fourth-order valence-corrected chi connectivity index (χ4v) is 4.00. The van der Waals surface area contributed by atoms with E-state index in [0.29, 0.717) is 11.3 Å². The number of allylic oxidation sites excluding steroid dienone is 5. The Morgan fingerprint density at radius 3 is 2.04 bits per heavy atom. The Kier molecular flexibility index (Phi) is 3.63. The zero-order valence-electron chi connectivity index (χ0n) is 15.0. The number of phenols is 1. The van der Waals surface area contributed by atoms with Crippen LogP contribution in [0.1, 0.15) is 16.7 Å². The number of aromatic hydroxyl groups is 1. The van der Waals surface area contributed by atoms with Crippen LogP contribution in [-0.2, 0) is 5.41 Å². The number of rotatable bonds is 2. The second-order valence-corrected chi connectivity index (χ2v) is 6.99. The maximum atomic E-state index is 10.4. The van der Waals surface area contributed by atoms with E-state index in [-0.39, 0.29) is 11.7 Å². The van der Waals surface area contributed by atoms with Crippen LogP contribution in [0, 0.1) is 0 Å². The lowest BCUT2D eigenvalue weighted by atomic mass is 9.69. The SMILES string of the molecule is OC1=C2C=CC(c3ccccc3)(c3ccccc3)C=C2c2ccc(O)cc2O1. The van der Waals surface area contributed by atoms with Crippen molar-refractivity contribution < 1.29 is 14.9 Å². The Hall–Kier alpha value is -3.72. The minimum Gasteiger partial charge on any atom is -0.508 e. The number of fused-ring (bicyclic) bond motifs is 3. The van der Waals surface area contributed by atoms with Crippen LogP contribution >= 0.6 is 0 Å². The van der Waals surface area contributed by atoms with E-state index in [2.05, 4.69) is 36.4 Å². The van der Waals surface area contributed by atoms with Crippen LogP contribution in [0.5, 0.6) is 11.5 Å². The molecule has 0 radical (unpaired) electrons. The third kappa shape index (κ3) is 2.44. The number of ether oxygens (including phenoxy) is 1. The molecule has 3 nitrogen and oxygen atoms in total. The summed E-state index contributed by atoms with van der Waals surface area (Å²) in [6, 6.07) is 25.6. The number of hydrogen-bond donors (Lipinski definition) is 2. The predicted molar refractivity (Wildman–Crippen MR) is 109 cm³/mol. The van der Waals surface area contributed by atoms with Crippen LogP contribution in [0.3, 0.4) is 0 Å². The molecule has 3 heteroatoms. The average Bonchev–Trinajstić information content (AvgIpc) is 2.74. The molecule has 0 saturated heterocycles. The maximum Gasteiger partial charge on any atom is 0.290 e. The molecule has 136 valence electrons. The van der Waals surface area contributed by atoms with Crippen molar-refractivity contribution in [2.45, 2.75) is 5.41 Å². The van der Waals surface area contributed by atoms with Gasteiger partial charge >= 0.3 is 0 Å². The van der Waals surface area contributed by atoms with Crippen molar-refractivity contribution in [1.82, 2.24) is 0 Å². The second kappa shape index (κ2) is 6.17. The summed E-state index contributed by atoms with van der Waals surface area (Å²) in [5.41, 5.74) is 4.15. The lowest BCUT2D eigenvalue weighted by molar-refractivity contribution is 0.202. The summed E-state index contributed by atoms with van der Waals surface area (Å²) in [5.74, 6) is 0.382.